The second-order valence-electron chi connectivity index (χ2n) is 7.49. The molecule has 0 atom stereocenters. The molecule has 0 unspecified atom stereocenters. The second-order valence-corrected chi connectivity index (χ2v) is 7.49. The first kappa shape index (κ1) is 16.9. The van der Waals surface area contributed by atoms with Gasteiger partial charge >= 0.3 is 0 Å². The highest BCUT2D eigenvalue weighted by Crippen LogP contribution is 2.34. The summed E-state index contributed by atoms with van der Waals surface area (Å²) in [5.41, 5.74) is 2.00. The Kier molecular flexibility index (Phi) is 4.95. The average Bonchev–Trinajstić information content (AvgIpc) is 3.15. The standard InChI is InChI=1S/C20H28N2O3/c23-19(17-4-5-18-16(14-17)6-11-25-18)21-15-20(7-2-1-3-8-20)22-9-12-24-13-10-22/h4-5,14H,1-3,6-13,15H2,(H,21,23). The molecule has 25 heavy (non-hydrogen) atoms. The van der Waals surface area contributed by atoms with E-state index < -0.39 is 0 Å². The van der Waals surface area contributed by atoms with E-state index in [-0.39, 0.29) is 11.4 Å². The SMILES string of the molecule is O=C(NCC1(N2CCOCC2)CCCCC1)c1ccc2c(c1)CCO2. The molecule has 0 aromatic heterocycles. The summed E-state index contributed by atoms with van der Waals surface area (Å²) in [5.74, 6) is 0.960. The molecule has 5 nitrogen and oxygen atoms in total. The van der Waals surface area contributed by atoms with Crippen LogP contribution in [-0.2, 0) is 11.2 Å². The van der Waals surface area contributed by atoms with E-state index >= 15 is 0 Å². The summed E-state index contributed by atoms with van der Waals surface area (Å²) in [5, 5.41) is 3.24. The topological polar surface area (TPSA) is 50.8 Å². The summed E-state index contributed by atoms with van der Waals surface area (Å²) in [6.07, 6.45) is 7.06. The van der Waals surface area contributed by atoms with Gasteiger partial charge in [-0.1, -0.05) is 19.3 Å². The molecule has 1 aromatic carbocycles. The summed E-state index contributed by atoms with van der Waals surface area (Å²) in [4.78, 5) is 15.3. The quantitative estimate of drug-likeness (QED) is 0.911. The Morgan fingerprint density at radius 3 is 2.72 bits per heavy atom. The first-order chi connectivity index (χ1) is 12.3. The van der Waals surface area contributed by atoms with Crippen molar-refractivity contribution in [1.29, 1.82) is 0 Å². The second kappa shape index (κ2) is 7.34. The smallest absolute Gasteiger partial charge is 0.251 e. The van der Waals surface area contributed by atoms with Gasteiger partial charge in [0.05, 0.1) is 19.8 Å². The van der Waals surface area contributed by atoms with Crippen molar-refractivity contribution in [2.45, 2.75) is 44.1 Å². The van der Waals surface area contributed by atoms with Crippen LogP contribution in [0, 0.1) is 0 Å². The lowest BCUT2D eigenvalue weighted by atomic mass is 9.79. The van der Waals surface area contributed by atoms with E-state index in [1.807, 2.05) is 18.2 Å². The molecule has 1 aliphatic carbocycles. The molecule has 1 aromatic rings. The van der Waals surface area contributed by atoms with Gasteiger partial charge in [-0.2, -0.15) is 0 Å². The van der Waals surface area contributed by atoms with Gasteiger partial charge in [-0.3, -0.25) is 9.69 Å². The third-order valence-electron chi connectivity index (χ3n) is 6.00. The van der Waals surface area contributed by atoms with Crippen LogP contribution in [0.5, 0.6) is 5.75 Å². The minimum absolute atomic E-state index is 0.0351. The average molecular weight is 344 g/mol. The number of benzene rings is 1. The minimum Gasteiger partial charge on any atom is -0.493 e. The van der Waals surface area contributed by atoms with Gasteiger partial charge < -0.3 is 14.8 Å². The number of carbonyl (C=O) groups is 1. The number of nitrogens with zero attached hydrogens (tertiary/aromatic N) is 1. The molecule has 2 aliphatic heterocycles. The van der Waals surface area contributed by atoms with Crippen LogP contribution in [0.15, 0.2) is 18.2 Å². The van der Waals surface area contributed by atoms with Crippen molar-refractivity contribution in [3.8, 4) is 5.75 Å². The lowest BCUT2D eigenvalue weighted by Gasteiger charge is -2.48. The predicted molar refractivity (Wildman–Crippen MR) is 96.2 cm³/mol. The van der Waals surface area contributed by atoms with Gasteiger partial charge in [0.15, 0.2) is 0 Å². The van der Waals surface area contributed by atoms with E-state index in [1.54, 1.807) is 0 Å². The van der Waals surface area contributed by atoms with Crippen LogP contribution in [0.3, 0.4) is 0 Å². The summed E-state index contributed by atoms with van der Waals surface area (Å²) in [6.45, 7) is 5.03. The van der Waals surface area contributed by atoms with Crippen molar-refractivity contribution in [2.75, 3.05) is 39.5 Å². The van der Waals surface area contributed by atoms with Gasteiger partial charge in [-0.15, -0.1) is 0 Å². The Hall–Kier alpha value is -1.59. The van der Waals surface area contributed by atoms with E-state index in [0.29, 0.717) is 0 Å². The number of fused-ring (bicyclic) bond motifs is 1. The number of amides is 1. The van der Waals surface area contributed by atoms with Gasteiger partial charge in [0.25, 0.3) is 5.91 Å². The molecule has 5 heteroatoms. The van der Waals surface area contributed by atoms with Crippen LogP contribution in [0.25, 0.3) is 0 Å². The molecule has 2 heterocycles. The Morgan fingerprint density at radius 2 is 1.92 bits per heavy atom. The third-order valence-corrected chi connectivity index (χ3v) is 6.00. The zero-order valence-electron chi connectivity index (χ0n) is 14.9. The number of morpholine rings is 1. The fraction of sp³-hybridized carbons (Fsp3) is 0.650. The monoisotopic (exact) mass is 344 g/mol. The maximum absolute atomic E-state index is 12.7. The normalized spacial score (nSPS) is 22.9. The number of rotatable bonds is 4. The molecule has 0 radical (unpaired) electrons. The number of hydrogen-bond acceptors (Lipinski definition) is 4. The van der Waals surface area contributed by atoms with Crippen molar-refractivity contribution < 1.29 is 14.3 Å². The molecule has 1 saturated heterocycles. The zero-order chi connectivity index (χ0) is 17.1. The molecule has 4 rings (SSSR count). The van der Waals surface area contributed by atoms with Crippen molar-refractivity contribution >= 4 is 5.91 Å². The minimum atomic E-state index is 0.0351. The first-order valence-electron chi connectivity index (χ1n) is 9.64. The van der Waals surface area contributed by atoms with Gasteiger partial charge in [0, 0.05) is 37.2 Å². The van der Waals surface area contributed by atoms with Crippen LogP contribution in [0.2, 0.25) is 0 Å². The predicted octanol–water partition coefficient (Wildman–Crippen LogP) is 2.39. The molecular formula is C20H28N2O3. The van der Waals surface area contributed by atoms with Crippen LogP contribution < -0.4 is 10.1 Å². The maximum atomic E-state index is 12.7. The van der Waals surface area contributed by atoms with Crippen molar-refractivity contribution in [3.63, 3.8) is 0 Å². The van der Waals surface area contributed by atoms with Crippen LogP contribution in [0.1, 0.15) is 48.0 Å². The Balaban J connectivity index is 1.44. The number of nitrogens with one attached hydrogen (secondary N) is 1. The van der Waals surface area contributed by atoms with Crippen molar-refractivity contribution in [3.05, 3.63) is 29.3 Å². The largest absolute Gasteiger partial charge is 0.493 e. The molecule has 0 spiro atoms. The zero-order valence-corrected chi connectivity index (χ0v) is 14.9. The lowest BCUT2D eigenvalue weighted by Crippen LogP contribution is -2.59. The highest BCUT2D eigenvalue weighted by molar-refractivity contribution is 5.94. The third kappa shape index (κ3) is 3.53. The summed E-state index contributed by atoms with van der Waals surface area (Å²) >= 11 is 0. The van der Waals surface area contributed by atoms with E-state index in [9.17, 15) is 4.79 Å². The molecule has 1 N–H and O–H groups in total. The molecule has 136 valence electrons. The maximum Gasteiger partial charge on any atom is 0.251 e. The van der Waals surface area contributed by atoms with Crippen molar-refractivity contribution in [1.82, 2.24) is 10.2 Å². The summed E-state index contributed by atoms with van der Waals surface area (Å²) < 4.78 is 11.1. The highest BCUT2D eigenvalue weighted by atomic mass is 16.5. The van der Waals surface area contributed by atoms with Crippen LogP contribution in [-0.4, -0.2) is 55.8 Å². The van der Waals surface area contributed by atoms with Gasteiger partial charge in [-0.25, -0.2) is 0 Å². The Morgan fingerprint density at radius 1 is 1.12 bits per heavy atom. The van der Waals surface area contributed by atoms with E-state index in [0.717, 1.165) is 62.8 Å². The summed E-state index contributed by atoms with van der Waals surface area (Å²) in [7, 11) is 0. The Labute approximate surface area is 149 Å². The number of hydrogen-bond donors (Lipinski definition) is 1. The molecular weight excluding hydrogens is 316 g/mol. The highest BCUT2D eigenvalue weighted by Gasteiger charge is 2.38. The van der Waals surface area contributed by atoms with Gasteiger partial charge in [0.2, 0.25) is 0 Å². The molecule has 0 bridgehead atoms. The molecule has 3 aliphatic rings. The fourth-order valence-corrected chi connectivity index (χ4v) is 4.53. The van der Waals surface area contributed by atoms with Gasteiger partial charge in [-0.05, 0) is 36.6 Å². The fourth-order valence-electron chi connectivity index (χ4n) is 4.53. The Bertz CT molecular complexity index is 619. The molecule has 1 saturated carbocycles. The van der Waals surface area contributed by atoms with Gasteiger partial charge in [0.1, 0.15) is 5.75 Å². The van der Waals surface area contributed by atoms with Crippen LogP contribution in [0.4, 0.5) is 0 Å². The lowest BCUT2D eigenvalue weighted by molar-refractivity contribution is -0.0361. The number of carbonyl (C=O) groups excluding carboxylic acids is 1. The van der Waals surface area contributed by atoms with E-state index in [1.165, 1.54) is 32.1 Å². The van der Waals surface area contributed by atoms with Crippen molar-refractivity contribution in [2.24, 2.45) is 0 Å². The molecule has 1 amide bonds. The number of ether oxygens (including phenoxy) is 2. The molecule has 2 fully saturated rings. The van der Waals surface area contributed by atoms with Crippen LogP contribution >= 0.6 is 0 Å². The first-order valence-corrected chi connectivity index (χ1v) is 9.64. The van der Waals surface area contributed by atoms with E-state index in [2.05, 4.69) is 10.2 Å². The summed E-state index contributed by atoms with van der Waals surface area (Å²) in [6, 6.07) is 5.79. The van der Waals surface area contributed by atoms with E-state index in [4.69, 9.17) is 9.47 Å².